The Labute approximate surface area is 206 Å². The molecule has 5 rings (SSSR count). The average molecular weight is 481 g/mol. The van der Waals surface area contributed by atoms with Crippen LogP contribution in [0.5, 0.6) is 0 Å². The first-order valence-electron chi connectivity index (χ1n) is 11.3. The first kappa shape index (κ1) is 22.9. The predicted octanol–water partition coefficient (Wildman–Crippen LogP) is 4.84. The lowest BCUT2D eigenvalue weighted by molar-refractivity contribution is -0.125. The van der Waals surface area contributed by atoms with Crippen LogP contribution in [-0.4, -0.2) is 44.2 Å². The molecule has 0 spiro atoms. The van der Waals surface area contributed by atoms with Gasteiger partial charge in [0.1, 0.15) is 11.6 Å². The summed E-state index contributed by atoms with van der Waals surface area (Å²) in [6.07, 6.45) is 6.92. The van der Waals surface area contributed by atoms with E-state index in [1.165, 1.54) is 36.5 Å². The maximum absolute atomic E-state index is 15.1. The smallest absolute Gasteiger partial charge is 0.259 e. The van der Waals surface area contributed by atoms with Crippen LogP contribution in [0.1, 0.15) is 28.3 Å². The zero-order valence-corrected chi connectivity index (χ0v) is 19.2. The van der Waals surface area contributed by atoms with Crippen molar-refractivity contribution < 1.29 is 14.0 Å². The van der Waals surface area contributed by atoms with Gasteiger partial charge in [0.05, 0.1) is 29.7 Å². The molecule has 0 aliphatic carbocycles. The molecular weight excluding hydrogens is 459 g/mol. The van der Waals surface area contributed by atoms with Gasteiger partial charge < -0.3 is 14.6 Å². The number of anilines is 1. The highest BCUT2D eigenvalue weighted by molar-refractivity contribution is 6.04. The van der Waals surface area contributed by atoms with Gasteiger partial charge in [-0.05, 0) is 54.5 Å². The molecule has 1 N–H and O–H groups in total. The Kier molecular flexibility index (Phi) is 6.00. The number of rotatable bonds is 5. The molecule has 36 heavy (non-hydrogen) atoms. The van der Waals surface area contributed by atoms with E-state index in [1.807, 2.05) is 16.5 Å². The molecule has 1 aliphatic heterocycles. The van der Waals surface area contributed by atoms with Gasteiger partial charge in [0.25, 0.3) is 5.91 Å². The fourth-order valence-electron chi connectivity index (χ4n) is 4.57. The number of hydrogen-bond acceptors (Lipinski definition) is 4. The Bertz CT molecular complexity index is 1550. The van der Waals surface area contributed by atoms with E-state index in [2.05, 4.69) is 26.7 Å². The minimum Gasteiger partial charge on any atom is -0.339 e. The molecule has 0 saturated carbocycles. The molecule has 4 aromatic rings. The molecule has 9 heteroatoms. The third kappa shape index (κ3) is 4.20. The summed E-state index contributed by atoms with van der Waals surface area (Å²) in [5.41, 5.74) is 3.50. The number of fused-ring (bicyclic) bond motifs is 1. The lowest BCUT2D eigenvalue weighted by Gasteiger charge is -2.13. The molecule has 1 aliphatic rings. The van der Waals surface area contributed by atoms with E-state index in [0.717, 1.165) is 23.2 Å². The fraction of sp³-hybridized carbons (Fsp3) is 0.148. The first-order valence-corrected chi connectivity index (χ1v) is 11.3. The van der Waals surface area contributed by atoms with Crippen LogP contribution in [-0.2, 0) is 4.79 Å². The molecule has 1 fully saturated rings. The van der Waals surface area contributed by atoms with Crippen LogP contribution in [0, 0.1) is 12.4 Å². The van der Waals surface area contributed by atoms with Gasteiger partial charge >= 0.3 is 0 Å². The van der Waals surface area contributed by atoms with Gasteiger partial charge in [-0.2, -0.15) is 0 Å². The lowest BCUT2D eigenvalue weighted by atomic mass is 9.98. The molecule has 4 heterocycles. The minimum atomic E-state index is -0.685. The Morgan fingerprint density at radius 2 is 2.06 bits per heavy atom. The van der Waals surface area contributed by atoms with Gasteiger partial charge in [-0.1, -0.05) is 12.6 Å². The van der Waals surface area contributed by atoms with Crippen LogP contribution in [0.25, 0.3) is 21.6 Å². The second-order valence-electron chi connectivity index (χ2n) is 8.45. The van der Waals surface area contributed by atoms with E-state index in [9.17, 15) is 9.59 Å². The maximum Gasteiger partial charge on any atom is 0.259 e. The topological polar surface area (TPSA) is 84.0 Å². The SMILES string of the molecule is [C-]#[N+]c1ccnc(NC(=O)c2ccc(-c3cc(C4CCN(C(=O)C=C)C4)c4ccncn34)cc2F)c1. The van der Waals surface area contributed by atoms with E-state index in [1.54, 1.807) is 23.5 Å². The van der Waals surface area contributed by atoms with Gasteiger partial charge in [0.2, 0.25) is 5.91 Å². The predicted molar refractivity (Wildman–Crippen MR) is 133 cm³/mol. The normalized spacial score (nSPS) is 15.0. The van der Waals surface area contributed by atoms with E-state index >= 15 is 4.39 Å². The number of halogens is 1. The van der Waals surface area contributed by atoms with Crippen molar-refractivity contribution in [1.29, 1.82) is 0 Å². The molecule has 1 unspecified atom stereocenters. The molecule has 178 valence electrons. The Morgan fingerprint density at radius 1 is 1.19 bits per heavy atom. The average Bonchev–Trinajstić information content (AvgIpc) is 3.53. The summed E-state index contributed by atoms with van der Waals surface area (Å²) in [6.45, 7) is 11.9. The number of pyridine rings is 1. The Morgan fingerprint density at radius 3 is 2.83 bits per heavy atom. The number of carbonyl (C=O) groups excluding carboxylic acids is 2. The van der Waals surface area contributed by atoms with Crippen LogP contribution in [0.4, 0.5) is 15.9 Å². The van der Waals surface area contributed by atoms with E-state index in [-0.39, 0.29) is 23.2 Å². The quantitative estimate of drug-likeness (QED) is 0.327. The van der Waals surface area contributed by atoms with Crippen LogP contribution >= 0.6 is 0 Å². The number of carbonyl (C=O) groups is 2. The van der Waals surface area contributed by atoms with E-state index in [4.69, 9.17) is 6.57 Å². The zero-order valence-electron chi connectivity index (χ0n) is 19.2. The maximum atomic E-state index is 15.1. The Balaban J connectivity index is 1.45. The molecule has 0 bridgehead atoms. The molecule has 2 amide bonds. The number of aromatic nitrogens is 3. The molecule has 1 aromatic carbocycles. The monoisotopic (exact) mass is 480 g/mol. The van der Waals surface area contributed by atoms with Crippen molar-refractivity contribution in [3.8, 4) is 11.3 Å². The third-order valence-electron chi connectivity index (χ3n) is 6.35. The van der Waals surface area contributed by atoms with Crippen molar-refractivity contribution in [2.45, 2.75) is 12.3 Å². The molecular formula is C27H21FN6O2. The fourth-order valence-corrected chi connectivity index (χ4v) is 4.57. The van der Waals surface area contributed by atoms with Gasteiger partial charge in [-0.3, -0.25) is 9.59 Å². The van der Waals surface area contributed by atoms with Crippen molar-refractivity contribution >= 4 is 28.8 Å². The number of benzene rings is 1. The van der Waals surface area contributed by atoms with Crippen molar-refractivity contribution in [1.82, 2.24) is 19.3 Å². The number of hydrogen-bond donors (Lipinski definition) is 1. The highest BCUT2D eigenvalue weighted by Gasteiger charge is 2.29. The van der Waals surface area contributed by atoms with Crippen LogP contribution in [0.15, 0.2) is 73.8 Å². The van der Waals surface area contributed by atoms with E-state index < -0.39 is 11.7 Å². The summed E-state index contributed by atoms with van der Waals surface area (Å²) in [4.78, 5) is 38.0. The highest BCUT2D eigenvalue weighted by Crippen LogP contribution is 2.35. The van der Waals surface area contributed by atoms with Crippen LogP contribution in [0.2, 0.25) is 0 Å². The summed E-state index contributed by atoms with van der Waals surface area (Å²) in [6, 6.07) is 11.3. The van der Waals surface area contributed by atoms with Gasteiger partial charge in [-0.15, -0.1) is 0 Å². The number of likely N-dealkylation sites (tertiary alicyclic amines) is 1. The molecule has 0 radical (unpaired) electrons. The highest BCUT2D eigenvalue weighted by atomic mass is 19.1. The second kappa shape index (κ2) is 9.43. The van der Waals surface area contributed by atoms with Gasteiger partial charge in [-0.25, -0.2) is 19.2 Å². The van der Waals surface area contributed by atoms with Crippen LogP contribution < -0.4 is 5.32 Å². The minimum absolute atomic E-state index is 0.0881. The van der Waals surface area contributed by atoms with E-state index in [0.29, 0.717) is 24.3 Å². The molecule has 1 saturated heterocycles. The number of amides is 2. The van der Waals surface area contributed by atoms with Gasteiger partial charge in [0.15, 0.2) is 5.69 Å². The third-order valence-corrected chi connectivity index (χ3v) is 6.35. The lowest BCUT2D eigenvalue weighted by Crippen LogP contribution is -2.26. The molecule has 3 aromatic heterocycles. The second-order valence-corrected chi connectivity index (χ2v) is 8.45. The summed E-state index contributed by atoms with van der Waals surface area (Å²) >= 11 is 0. The number of nitrogens with one attached hydrogen (secondary N) is 1. The van der Waals surface area contributed by atoms with Crippen molar-refractivity contribution in [2.75, 3.05) is 18.4 Å². The zero-order chi connectivity index (χ0) is 25.2. The molecule has 1 atom stereocenters. The summed E-state index contributed by atoms with van der Waals surface area (Å²) in [7, 11) is 0. The standard InChI is InChI=1S/C27H21FN6O2/c1-3-26(35)33-11-8-18(15-33)21-14-24(34-16-30-9-7-23(21)34)17-4-5-20(22(28)12-17)27(36)32-25-13-19(29-2)6-10-31-25/h3-7,9-10,12-14,16,18H,1,8,11,15H2,(H,31,32,36). The summed E-state index contributed by atoms with van der Waals surface area (Å²) in [5, 5.41) is 2.53. The number of nitrogens with zero attached hydrogens (tertiary/aromatic N) is 5. The largest absolute Gasteiger partial charge is 0.339 e. The van der Waals surface area contributed by atoms with Crippen LogP contribution in [0.3, 0.4) is 0 Å². The first-order chi connectivity index (χ1) is 17.5. The van der Waals surface area contributed by atoms with Crippen molar-refractivity contribution in [3.05, 3.63) is 102 Å². The van der Waals surface area contributed by atoms with Crippen molar-refractivity contribution in [3.63, 3.8) is 0 Å². The summed E-state index contributed by atoms with van der Waals surface area (Å²) in [5.74, 6) is -1.13. The summed E-state index contributed by atoms with van der Waals surface area (Å²) < 4.78 is 17.0. The van der Waals surface area contributed by atoms with Gasteiger partial charge in [0, 0.05) is 37.0 Å². The van der Waals surface area contributed by atoms with Crippen molar-refractivity contribution in [2.24, 2.45) is 0 Å². The molecule has 8 nitrogen and oxygen atoms in total. The Hall–Kier alpha value is -4.84.